The summed E-state index contributed by atoms with van der Waals surface area (Å²) in [6.07, 6.45) is -2.46. The van der Waals surface area contributed by atoms with E-state index in [0.29, 0.717) is 6.54 Å². The van der Waals surface area contributed by atoms with E-state index in [1.165, 1.54) is 6.07 Å². The van der Waals surface area contributed by atoms with Gasteiger partial charge in [-0.1, -0.05) is 31.4 Å². The number of carbonyl (C=O) groups excluding carboxylic acids is 2. The highest BCUT2D eigenvalue weighted by molar-refractivity contribution is 6.30. The van der Waals surface area contributed by atoms with E-state index in [4.69, 9.17) is 11.6 Å². The number of hydrogen-bond acceptors (Lipinski definition) is 2. The first-order chi connectivity index (χ1) is 10.7. The van der Waals surface area contributed by atoms with Gasteiger partial charge in [-0.15, -0.1) is 0 Å². The Hall–Kier alpha value is -1.76. The van der Waals surface area contributed by atoms with Crippen molar-refractivity contribution in [1.29, 1.82) is 0 Å². The molecule has 23 heavy (non-hydrogen) atoms. The van der Waals surface area contributed by atoms with Gasteiger partial charge in [0.2, 0.25) is 11.8 Å². The molecule has 8 heteroatoms. The third-order valence-electron chi connectivity index (χ3n) is 2.98. The molecule has 0 unspecified atom stereocenters. The van der Waals surface area contributed by atoms with Gasteiger partial charge in [-0.25, -0.2) is 0 Å². The maximum atomic E-state index is 12.9. The summed E-state index contributed by atoms with van der Waals surface area (Å²) in [7, 11) is 0. The minimum Gasteiger partial charge on any atom is -0.356 e. The quantitative estimate of drug-likeness (QED) is 0.577. The molecule has 0 aliphatic heterocycles. The van der Waals surface area contributed by atoms with Gasteiger partial charge >= 0.3 is 6.18 Å². The molecule has 0 fully saturated rings. The number of rotatable bonds is 7. The fourth-order valence-corrected chi connectivity index (χ4v) is 2.04. The highest BCUT2D eigenvalue weighted by atomic mass is 35.5. The Bertz CT molecular complexity index is 562. The van der Waals surface area contributed by atoms with E-state index in [2.05, 4.69) is 10.6 Å². The van der Waals surface area contributed by atoms with Crippen LogP contribution in [0.5, 0.6) is 0 Å². The van der Waals surface area contributed by atoms with Crippen molar-refractivity contribution in [2.75, 3.05) is 11.9 Å². The van der Waals surface area contributed by atoms with Crippen molar-refractivity contribution in [1.82, 2.24) is 5.32 Å². The minimum absolute atomic E-state index is 0.0935. The van der Waals surface area contributed by atoms with Gasteiger partial charge in [-0.2, -0.15) is 13.2 Å². The molecule has 0 spiro atoms. The van der Waals surface area contributed by atoms with E-state index < -0.39 is 35.7 Å². The molecule has 0 saturated heterocycles. The number of hydrogen-bond donors (Lipinski definition) is 2. The number of anilines is 1. The average molecular weight is 351 g/mol. The van der Waals surface area contributed by atoms with Crippen LogP contribution in [-0.4, -0.2) is 18.4 Å². The molecule has 4 nitrogen and oxygen atoms in total. The van der Waals surface area contributed by atoms with Crippen molar-refractivity contribution in [2.45, 2.75) is 38.8 Å². The number of benzene rings is 1. The van der Waals surface area contributed by atoms with Crippen molar-refractivity contribution in [3.8, 4) is 0 Å². The van der Waals surface area contributed by atoms with Crippen molar-refractivity contribution in [3.05, 3.63) is 28.8 Å². The largest absolute Gasteiger partial charge is 0.418 e. The molecule has 1 aromatic rings. The maximum Gasteiger partial charge on any atom is 0.418 e. The summed E-state index contributed by atoms with van der Waals surface area (Å²) >= 11 is 5.55. The number of alkyl halides is 3. The summed E-state index contributed by atoms with van der Waals surface area (Å²) in [4.78, 5) is 23.2. The Kier molecular flexibility index (Phi) is 7.35. The Labute approximate surface area is 137 Å². The van der Waals surface area contributed by atoms with Crippen molar-refractivity contribution in [2.24, 2.45) is 0 Å². The van der Waals surface area contributed by atoms with Gasteiger partial charge in [0.05, 0.1) is 11.3 Å². The maximum absolute atomic E-state index is 12.9. The lowest BCUT2D eigenvalue weighted by molar-refractivity contribution is -0.137. The van der Waals surface area contributed by atoms with Gasteiger partial charge in [0, 0.05) is 11.6 Å². The van der Waals surface area contributed by atoms with Crippen LogP contribution in [0.2, 0.25) is 5.02 Å². The topological polar surface area (TPSA) is 58.2 Å². The molecule has 0 heterocycles. The van der Waals surface area contributed by atoms with Crippen LogP contribution in [-0.2, 0) is 15.8 Å². The second kappa shape index (κ2) is 8.76. The van der Waals surface area contributed by atoms with Gasteiger partial charge in [-0.05, 0) is 24.6 Å². The van der Waals surface area contributed by atoms with Gasteiger partial charge in [0.15, 0.2) is 0 Å². The van der Waals surface area contributed by atoms with E-state index in [1.807, 2.05) is 6.92 Å². The molecular weight excluding hydrogens is 333 g/mol. The van der Waals surface area contributed by atoms with Crippen molar-refractivity contribution >= 4 is 29.1 Å². The molecular formula is C15H18ClF3N2O2. The van der Waals surface area contributed by atoms with E-state index in [0.717, 1.165) is 31.4 Å². The Morgan fingerprint density at radius 2 is 1.87 bits per heavy atom. The van der Waals surface area contributed by atoms with Crippen LogP contribution in [0.4, 0.5) is 18.9 Å². The summed E-state index contributed by atoms with van der Waals surface area (Å²) < 4.78 is 38.7. The van der Waals surface area contributed by atoms with E-state index in [9.17, 15) is 22.8 Å². The van der Waals surface area contributed by atoms with E-state index in [1.54, 1.807) is 0 Å². The molecule has 1 rings (SSSR count). The first kappa shape index (κ1) is 19.3. The Morgan fingerprint density at radius 3 is 2.48 bits per heavy atom. The lowest BCUT2D eigenvalue weighted by Gasteiger charge is -2.14. The highest BCUT2D eigenvalue weighted by Crippen LogP contribution is 2.36. The second-order valence-corrected chi connectivity index (χ2v) is 5.41. The number of nitrogens with one attached hydrogen (secondary N) is 2. The molecule has 1 aromatic carbocycles. The van der Waals surface area contributed by atoms with Gasteiger partial charge in [-0.3, -0.25) is 9.59 Å². The smallest absolute Gasteiger partial charge is 0.356 e. The SMILES string of the molecule is CCCCCNC(=O)CC(=O)Nc1ccc(Cl)cc1C(F)(F)F. The van der Waals surface area contributed by atoms with Crippen LogP contribution in [0.15, 0.2) is 18.2 Å². The lowest BCUT2D eigenvalue weighted by Crippen LogP contribution is -2.29. The normalized spacial score (nSPS) is 11.2. The van der Waals surface area contributed by atoms with Gasteiger partial charge < -0.3 is 10.6 Å². The molecule has 0 aliphatic rings. The van der Waals surface area contributed by atoms with E-state index >= 15 is 0 Å². The molecule has 2 N–H and O–H groups in total. The predicted octanol–water partition coefficient (Wildman–Crippen LogP) is 3.99. The lowest BCUT2D eigenvalue weighted by atomic mass is 10.1. The summed E-state index contributed by atoms with van der Waals surface area (Å²) in [6.45, 7) is 2.45. The van der Waals surface area contributed by atoms with Crippen LogP contribution < -0.4 is 10.6 Å². The third-order valence-corrected chi connectivity index (χ3v) is 3.22. The van der Waals surface area contributed by atoms with Crippen LogP contribution >= 0.6 is 11.6 Å². The molecule has 0 aliphatic carbocycles. The third kappa shape index (κ3) is 6.90. The van der Waals surface area contributed by atoms with Gasteiger partial charge in [0.1, 0.15) is 6.42 Å². The predicted molar refractivity (Wildman–Crippen MR) is 82.2 cm³/mol. The molecule has 128 valence electrons. The summed E-state index contributed by atoms with van der Waals surface area (Å²) in [5.41, 5.74) is -1.48. The zero-order chi connectivity index (χ0) is 17.5. The second-order valence-electron chi connectivity index (χ2n) is 4.97. The first-order valence-corrected chi connectivity index (χ1v) is 7.55. The molecule has 0 radical (unpaired) electrons. The number of halogens is 4. The molecule has 0 aromatic heterocycles. The zero-order valence-corrected chi connectivity index (χ0v) is 13.4. The van der Waals surface area contributed by atoms with Crippen LogP contribution in [0.1, 0.15) is 38.2 Å². The fraction of sp³-hybridized carbons (Fsp3) is 0.467. The number of unbranched alkanes of at least 4 members (excludes halogenated alkanes) is 2. The summed E-state index contributed by atoms with van der Waals surface area (Å²) in [5.74, 6) is -1.34. The Morgan fingerprint density at radius 1 is 1.17 bits per heavy atom. The average Bonchev–Trinajstić information content (AvgIpc) is 2.44. The Balaban J connectivity index is 2.62. The zero-order valence-electron chi connectivity index (χ0n) is 12.6. The van der Waals surface area contributed by atoms with E-state index in [-0.39, 0.29) is 5.02 Å². The minimum atomic E-state index is -4.66. The summed E-state index contributed by atoms with van der Waals surface area (Å²) in [5, 5.41) is 4.55. The highest BCUT2D eigenvalue weighted by Gasteiger charge is 2.34. The monoisotopic (exact) mass is 350 g/mol. The number of amides is 2. The first-order valence-electron chi connectivity index (χ1n) is 7.17. The van der Waals surface area contributed by atoms with Crippen LogP contribution in [0, 0.1) is 0 Å². The number of carbonyl (C=O) groups is 2. The van der Waals surface area contributed by atoms with Crippen LogP contribution in [0.25, 0.3) is 0 Å². The van der Waals surface area contributed by atoms with Crippen molar-refractivity contribution in [3.63, 3.8) is 0 Å². The van der Waals surface area contributed by atoms with Gasteiger partial charge in [0.25, 0.3) is 0 Å². The molecule has 0 saturated carbocycles. The molecule has 0 atom stereocenters. The molecule has 0 bridgehead atoms. The van der Waals surface area contributed by atoms with Crippen LogP contribution in [0.3, 0.4) is 0 Å². The van der Waals surface area contributed by atoms with Crippen molar-refractivity contribution < 1.29 is 22.8 Å². The standard InChI is InChI=1S/C15H18ClF3N2O2/c1-2-3-4-7-20-13(22)9-14(23)21-12-6-5-10(16)8-11(12)15(17,18)19/h5-6,8H,2-4,7,9H2,1H3,(H,20,22)(H,21,23). The summed E-state index contributed by atoms with van der Waals surface area (Å²) in [6, 6.07) is 3.02. The molecule has 2 amide bonds. The fourth-order valence-electron chi connectivity index (χ4n) is 1.87.